The summed E-state index contributed by atoms with van der Waals surface area (Å²) in [5.74, 6) is -0.338. The molecule has 2 N–H and O–H groups in total. The molecule has 0 spiro atoms. The van der Waals surface area contributed by atoms with Crippen LogP contribution in [0.4, 0.5) is 4.39 Å². The molecule has 0 aliphatic rings. The average Bonchev–Trinajstić information content (AvgIpc) is 2.22. The molecule has 0 fully saturated rings. The number of halogens is 2. The Morgan fingerprint density at radius 2 is 2.20 bits per heavy atom. The zero-order valence-corrected chi connectivity index (χ0v) is 10.1. The predicted molar refractivity (Wildman–Crippen MR) is 61.5 cm³/mol. The Kier molecular flexibility index (Phi) is 4.42. The van der Waals surface area contributed by atoms with Crippen molar-refractivity contribution >= 4 is 21.7 Å². The third-order valence-electron chi connectivity index (χ3n) is 2.18. The molecule has 0 radical (unpaired) electrons. The standard InChI is InChI=1S/C11H13BrFNO/c1-2-7-5-8(10(15)3-4-14)6-9(12)11(7)13/h5-6H,2-4,14H2,1H3. The van der Waals surface area contributed by atoms with Gasteiger partial charge in [0.25, 0.3) is 0 Å². The fourth-order valence-electron chi connectivity index (χ4n) is 1.34. The topological polar surface area (TPSA) is 43.1 Å². The molecule has 0 unspecified atom stereocenters. The van der Waals surface area contributed by atoms with E-state index in [-0.39, 0.29) is 11.6 Å². The van der Waals surface area contributed by atoms with Crippen LogP contribution >= 0.6 is 15.9 Å². The number of carbonyl (C=O) groups is 1. The highest BCUT2D eigenvalue weighted by Crippen LogP contribution is 2.22. The number of rotatable bonds is 4. The second kappa shape index (κ2) is 5.37. The van der Waals surface area contributed by atoms with E-state index in [9.17, 15) is 9.18 Å². The van der Waals surface area contributed by atoms with E-state index in [4.69, 9.17) is 5.73 Å². The van der Waals surface area contributed by atoms with Crippen molar-refractivity contribution in [2.75, 3.05) is 6.54 Å². The largest absolute Gasteiger partial charge is 0.330 e. The molecule has 0 aromatic heterocycles. The van der Waals surface area contributed by atoms with E-state index in [0.717, 1.165) is 0 Å². The summed E-state index contributed by atoms with van der Waals surface area (Å²) >= 11 is 3.10. The molecule has 15 heavy (non-hydrogen) atoms. The molecule has 1 aromatic carbocycles. The molecular weight excluding hydrogens is 261 g/mol. The van der Waals surface area contributed by atoms with Crippen LogP contribution in [0.5, 0.6) is 0 Å². The van der Waals surface area contributed by atoms with Gasteiger partial charge in [-0.05, 0) is 46.6 Å². The lowest BCUT2D eigenvalue weighted by Crippen LogP contribution is -2.09. The third kappa shape index (κ3) is 2.86. The second-order valence-corrected chi connectivity index (χ2v) is 4.10. The molecule has 0 saturated carbocycles. The van der Waals surface area contributed by atoms with Gasteiger partial charge in [-0.15, -0.1) is 0 Å². The van der Waals surface area contributed by atoms with Gasteiger partial charge in [0.15, 0.2) is 5.78 Å². The van der Waals surface area contributed by atoms with Gasteiger partial charge in [0.1, 0.15) is 5.82 Å². The van der Waals surface area contributed by atoms with E-state index in [1.54, 1.807) is 6.07 Å². The molecule has 0 heterocycles. The lowest BCUT2D eigenvalue weighted by molar-refractivity contribution is 0.0985. The highest BCUT2D eigenvalue weighted by Gasteiger charge is 2.11. The molecule has 1 rings (SSSR count). The molecular formula is C11H13BrFNO. The van der Waals surface area contributed by atoms with Crippen molar-refractivity contribution in [1.29, 1.82) is 0 Å². The van der Waals surface area contributed by atoms with E-state index in [2.05, 4.69) is 15.9 Å². The van der Waals surface area contributed by atoms with Gasteiger partial charge in [-0.2, -0.15) is 0 Å². The van der Waals surface area contributed by atoms with E-state index in [1.807, 2.05) is 6.92 Å². The van der Waals surface area contributed by atoms with Crippen LogP contribution in [0, 0.1) is 5.82 Å². The lowest BCUT2D eigenvalue weighted by atomic mass is 10.0. The molecule has 0 aliphatic carbocycles. The number of aryl methyl sites for hydroxylation is 1. The summed E-state index contributed by atoms with van der Waals surface area (Å²) in [6.45, 7) is 2.16. The van der Waals surface area contributed by atoms with Crippen molar-refractivity contribution in [3.63, 3.8) is 0 Å². The lowest BCUT2D eigenvalue weighted by Gasteiger charge is -2.06. The summed E-state index contributed by atoms with van der Waals surface area (Å²) in [6, 6.07) is 3.10. The van der Waals surface area contributed by atoms with Crippen LogP contribution in [0.2, 0.25) is 0 Å². The highest BCUT2D eigenvalue weighted by molar-refractivity contribution is 9.10. The number of hydrogen-bond acceptors (Lipinski definition) is 2. The van der Waals surface area contributed by atoms with Crippen LogP contribution in [0.3, 0.4) is 0 Å². The molecule has 0 saturated heterocycles. The van der Waals surface area contributed by atoms with E-state index in [1.165, 1.54) is 6.07 Å². The van der Waals surface area contributed by atoms with Crippen LogP contribution in [0.15, 0.2) is 16.6 Å². The average molecular weight is 274 g/mol. The van der Waals surface area contributed by atoms with Crippen molar-refractivity contribution in [3.8, 4) is 0 Å². The van der Waals surface area contributed by atoms with Crippen molar-refractivity contribution in [1.82, 2.24) is 0 Å². The summed E-state index contributed by atoms with van der Waals surface area (Å²) < 4.78 is 13.8. The minimum absolute atomic E-state index is 0.0482. The fraction of sp³-hybridized carbons (Fsp3) is 0.364. The smallest absolute Gasteiger partial charge is 0.164 e. The monoisotopic (exact) mass is 273 g/mol. The Balaban J connectivity index is 3.10. The summed E-state index contributed by atoms with van der Waals surface area (Å²) in [5, 5.41) is 0. The maximum Gasteiger partial charge on any atom is 0.164 e. The number of nitrogens with two attached hydrogens (primary N) is 1. The summed E-state index contributed by atoms with van der Waals surface area (Å²) in [6.07, 6.45) is 0.857. The van der Waals surface area contributed by atoms with Crippen molar-refractivity contribution in [2.24, 2.45) is 5.73 Å². The predicted octanol–water partition coefficient (Wildman–Crippen LogP) is 2.68. The molecule has 2 nitrogen and oxygen atoms in total. The Hall–Kier alpha value is -0.740. The number of carbonyl (C=O) groups excluding carboxylic acids is 1. The minimum atomic E-state index is -0.290. The Labute approximate surface area is 96.8 Å². The number of hydrogen-bond donors (Lipinski definition) is 1. The fourth-order valence-corrected chi connectivity index (χ4v) is 1.84. The number of ketones is 1. The first kappa shape index (κ1) is 12.3. The van der Waals surface area contributed by atoms with E-state index >= 15 is 0 Å². The Morgan fingerprint density at radius 3 is 2.73 bits per heavy atom. The van der Waals surface area contributed by atoms with Gasteiger partial charge < -0.3 is 5.73 Å². The first-order valence-electron chi connectivity index (χ1n) is 4.81. The van der Waals surface area contributed by atoms with E-state index in [0.29, 0.717) is 35.0 Å². The van der Waals surface area contributed by atoms with E-state index < -0.39 is 0 Å². The van der Waals surface area contributed by atoms with Crippen LogP contribution in [0.1, 0.15) is 29.3 Å². The molecule has 0 atom stereocenters. The van der Waals surface area contributed by atoms with Crippen molar-refractivity contribution < 1.29 is 9.18 Å². The quantitative estimate of drug-likeness (QED) is 0.858. The molecule has 4 heteroatoms. The maximum absolute atomic E-state index is 13.4. The maximum atomic E-state index is 13.4. The van der Waals surface area contributed by atoms with Crippen LogP contribution < -0.4 is 5.73 Å². The van der Waals surface area contributed by atoms with Gasteiger partial charge in [0.2, 0.25) is 0 Å². The van der Waals surface area contributed by atoms with Crippen molar-refractivity contribution in [2.45, 2.75) is 19.8 Å². The normalized spacial score (nSPS) is 10.4. The summed E-state index contributed by atoms with van der Waals surface area (Å²) in [4.78, 5) is 11.6. The summed E-state index contributed by atoms with van der Waals surface area (Å²) in [7, 11) is 0. The van der Waals surface area contributed by atoms with Gasteiger partial charge in [0.05, 0.1) is 4.47 Å². The Morgan fingerprint density at radius 1 is 1.53 bits per heavy atom. The van der Waals surface area contributed by atoms with Crippen molar-refractivity contribution in [3.05, 3.63) is 33.5 Å². The number of benzene rings is 1. The SMILES string of the molecule is CCc1cc(C(=O)CCN)cc(Br)c1F. The molecule has 0 bridgehead atoms. The minimum Gasteiger partial charge on any atom is -0.330 e. The molecule has 1 aromatic rings. The van der Waals surface area contributed by atoms with Crippen LogP contribution in [-0.4, -0.2) is 12.3 Å². The first-order valence-corrected chi connectivity index (χ1v) is 5.60. The Bertz CT molecular complexity index is 379. The van der Waals surface area contributed by atoms with Gasteiger partial charge >= 0.3 is 0 Å². The number of Topliss-reactive ketones (excluding diaryl/α,β-unsaturated/α-hetero) is 1. The molecule has 0 aliphatic heterocycles. The van der Waals surface area contributed by atoms with Crippen LogP contribution in [-0.2, 0) is 6.42 Å². The van der Waals surface area contributed by atoms with Crippen LogP contribution in [0.25, 0.3) is 0 Å². The molecule has 82 valence electrons. The third-order valence-corrected chi connectivity index (χ3v) is 2.75. The van der Waals surface area contributed by atoms with Gasteiger partial charge in [0, 0.05) is 12.0 Å². The zero-order valence-electron chi connectivity index (χ0n) is 8.52. The van der Waals surface area contributed by atoms with Gasteiger partial charge in [-0.3, -0.25) is 4.79 Å². The van der Waals surface area contributed by atoms with Gasteiger partial charge in [-0.25, -0.2) is 4.39 Å². The van der Waals surface area contributed by atoms with Gasteiger partial charge in [-0.1, -0.05) is 6.92 Å². The zero-order chi connectivity index (χ0) is 11.4. The highest BCUT2D eigenvalue weighted by atomic mass is 79.9. The second-order valence-electron chi connectivity index (χ2n) is 3.25. The first-order chi connectivity index (χ1) is 7.10. The molecule has 0 amide bonds. The summed E-state index contributed by atoms with van der Waals surface area (Å²) in [5.41, 5.74) is 6.36.